The van der Waals surface area contributed by atoms with Gasteiger partial charge in [-0.15, -0.1) is 0 Å². The van der Waals surface area contributed by atoms with E-state index in [9.17, 15) is 4.79 Å². The molecule has 0 unspecified atom stereocenters. The number of amides is 1. The summed E-state index contributed by atoms with van der Waals surface area (Å²) in [4.78, 5) is 11.7. The summed E-state index contributed by atoms with van der Waals surface area (Å²) in [6, 6.07) is 16.9. The minimum atomic E-state index is -0.289. The Labute approximate surface area is 154 Å². The van der Waals surface area contributed by atoms with Gasteiger partial charge in [-0.3, -0.25) is 4.79 Å². The van der Waals surface area contributed by atoms with Crippen LogP contribution in [0.2, 0.25) is 0 Å². The van der Waals surface area contributed by atoms with Crippen LogP contribution in [0.1, 0.15) is 32.3 Å². The molecule has 0 aliphatic carbocycles. The molecule has 1 N–H and O–H groups in total. The highest BCUT2D eigenvalue weighted by Gasteiger charge is 2.04. The third-order valence-electron chi connectivity index (χ3n) is 4.09. The Kier molecular flexibility index (Phi) is 7.38. The summed E-state index contributed by atoms with van der Waals surface area (Å²) in [6.45, 7) is 4.09. The van der Waals surface area contributed by atoms with E-state index in [4.69, 9.17) is 10.00 Å². The number of nitrogens with one attached hydrogen (secondary N) is 1. The molecule has 2 rings (SSSR count). The summed E-state index contributed by atoms with van der Waals surface area (Å²) >= 11 is 0. The molecule has 5 heteroatoms. The van der Waals surface area contributed by atoms with Crippen LogP contribution in [0.5, 0.6) is 5.75 Å². The number of rotatable bonds is 8. The molecule has 0 aliphatic rings. The molecule has 0 spiro atoms. The number of nitrogens with zero attached hydrogens (tertiary/aromatic N) is 2. The SMILES string of the molecule is CCC(/C=N/NC(=O)COc1ccc(-c2ccc(C#N)cc2)cc1)CC. The summed E-state index contributed by atoms with van der Waals surface area (Å²) < 4.78 is 5.48. The van der Waals surface area contributed by atoms with E-state index in [-0.39, 0.29) is 12.5 Å². The van der Waals surface area contributed by atoms with Crippen LogP contribution >= 0.6 is 0 Å². The van der Waals surface area contributed by atoms with Crippen molar-refractivity contribution in [3.05, 3.63) is 54.1 Å². The van der Waals surface area contributed by atoms with Gasteiger partial charge in [-0.2, -0.15) is 10.4 Å². The number of hydrogen-bond donors (Lipinski definition) is 1. The summed E-state index contributed by atoms with van der Waals surface area (Å²) in [5.74, 6) is 0.705. The third-order valence-corrected chi connectivity index (χ3v) is 4.09. The Morgan fingerprint density at radius 3 is 2.23 bits per heavy atom. The summed E-state index contributed by atoms with van der Waals surface area (Å²) in [6.07, 6.45) is 3.76. The summed E-state index contributed by atoms with van der Waals surface area (Å²) in [5, 5.41) is 12.8. The number of carbonyl (C=O) groups excluding carboxylic acids is 1. The lowest BCUT2D eigenvalue weighted by Crippen LogP contribution is -2.25. The second-order valence-corrected chi connectivity index (χ2v) is 5.89. The second-order valence-electron chi connectivity index (χ2n) is 5.89. The van der Waals surface area contributed by atoms with Crippen molar-refractivity contribution < 1.29 is 9.53 Å². The number of nitriles is 1. The van der Waals surface area contributed by atoms with Crippen molar-refractivity contribution in [2.75, 3.05) is 6.61 Å². The molecular formula is C21H23N3O2. The van der Waals surface area contributed by atoms with Crippen LogP contribution < -0.4 is 10.2 Å². The van der Waals surface area contributed by atoms with Gasteiger partial charge in [0.25, 0.3) is 5.91 Å². The van der Waals surface area contributed by atoms with Crippen molar-refractivity contribution >= 4 is 12.1 Å². The van der Waals surface area contributed by atoms with E-state index in [1.54, 1.807) is 18.3 Å². The van der Waals surface area contributed by atoms with Gasteiger partial charge in [-0.05, 0) is 54.2 Å². The smallest absolute Gasteiger partial charge is 0.277 e. The highest BCUT2D eigenvalue weighted by molar-refractivity contribution is 5.78. The third kappa shape index (κ3) is 5.75. The molecule has 0 fully saturated rings. The number of benzene rings is 2. The molecule has 0 heterocycles. The predicted octanol–water partition coefficient (Wildman–Crippen LogP) is 4.14. The molecule has 2 aromatic rings. The molecule has 0 radical (unpaired) electrons. The summed E-state index contributed by atoms with van der Waals surface area (Å²) in [5.41, 5.74) is 5.14. The molecule has 0 saturated heterocycles. The van der Waals surface area contributed by atoms with E-state index >= 15 is 0 Å². The number of hydrogen-bond acceptors (Lipinski definition) is 4. The standard InChI is InChI=1S/C21H23N3O2/c1-3-16(4-2)14-23-24-21(25)15-26-20-11-9-19(10-12-20)18-7-5-17(13-22)6-8-18/h5-12,14,16H,3-4,15H2,1-2H3,(H,24,25)/b23-14+. The summed E-state index contributed by atoms with van der Waals surface area (Å²) in [7, 11) is 0. The van der Waals surface area contributed by atoms with Crippen LogP contribution in [0.3, 0.4) is 0 Å². The van der Waals surface area contributed by atoms with Crippen LogP contribution in [-0.2, 0) is 4.79 Å². The zero-order chi connectivity index (χ0) is 18.8. The quantitative estimate of drug-likeness (QED) is 0.575. The van der Waals surface area contributed by atoms with Crippen molar-refractivity contribution in [3.63, 3.8) is 0 Å². The number of carbonyl (C=O) groups is 1. The lowest BCUT2D eigenvalue weighted by atomic mass is 10.0. The highest BCUT2D eigenvalue weighted by Crippen LogP contribution is 2.22. The van der Waals surface area contributed by atoms with Crippen LogP contribution in [0.4, 0.5) is 0 Å². The fourth-order valence-corrected chi connectivity index (χ4v) is 2.38. The first-order valence-electron chi connectivity index (χ1n) is 8.71. The van der Waals surface area contributed by atoms with E-state index in [2.05, 4.69) is 30.4 Å². The van der Waals surface area contributed by atoms with E-state index in [1.165, 1.54) is 0 Å². The van der Waals surface area contributed by atoms with Gasteiger partial charge in [0.1, 0.15) is 5.75 Å². The molecule has 5 nitrogen and oxygen atoms in total. The normalized spacial score (nSPS) is 10.7. The lowest BCUT2D eigenvalue weighted by molar-refractivity contribution is -0.123. The van der Waals surface area contributed by atoms with Crippen LogP contribution in [0.25, 0.3) is 11.1 Å². The van der Waals surface area contributed by atoms with E-state index in [0.717, 1.165) is 24.0 Å². The van der Waals surface area contributed by atoms with E-state index < -0.39 is 0 Å². The molecule has 0 aromatic heterocycles. The monoisotopic (exact) mass is 349 g/mol. The van der Waals surface area contributed by atoms with Crippen molar-refractivity contribution in [3.8, 4) is 22.9 Å². The second kappa shape index (κ2) is 10.00. The predicted molar refractivity (Wildman–Crippen MR) is 103 cm³/mol. The zero-order valence-corrected chi connectivity index (χ0v) is 15.1. The van der Waals surface area contributed by atoms with E-state index in [0.29, 0.717) is 17.2 Å². The Bertz CT molecular complexity index is 770. The maximum Gasteiger partial charge on any atom is 0.277 e. The molecule has 0 atom stereocenters. The van der Waals surface area contributed by atoms with Crippen molar-refractivity contribution in [2.45, 2.75) is 26.7 Å². The molecule has 0 saturated carbocycles. The van der Waals surface area contributed by atoms with Gasteiger partial charge in [0.05, 0.1) is 11.6 Å². The van der Waals surface area contributed by atoms with Crippen LogP contribution in [0.15, 0.2) is 53.6 Å². The molecule has 0 bridgehead atoms. The van der Waals surface area contributed by atoms with Crippen molar-refractivity contribution in [1.82, 2.24) is 5.43 Å². The Balaban J connectivity index is 1.85. The van der Waals surface area contributed by atoms with Gasteiger partial charge in [-0.1, -0.05) is 38.1 Å². The van der Waals surface area contributed by atoms with Gasteiger partial charge in [0.2, 0.25) is 0 Å². The lowest BCUT2D eigenvalue weighted by Gasteiger charge is -2.07. The van der Waals surface area contributed by atoms with Gasteiger partial charge in [0, 0.05) is 6.21 Å². The fraction of sp³-hybridized carbons (Fsp3) is 0.286. The minimum Gasteiger partial charge on any atom is -0.484 e. The largest absolute Gasteiger partial charge is 0.484 e. The highest BCUT2D eigenvalue weighted by atomic mass is 16.5. The van der Waals surface area contributed by atoms with Gasteiger partial charge >= 0.3 is 0 Å². The number of hydrazone groups is 1. The van der Waals surface area contributed by atoms with Crippen LogP contribution in [-0.4, -0.2) is 18.7 Å². The first kappa shape index (κ1) is 19.2. The van der Waals surface area contributed by atoms with Gasteiger partial charge in [-0.25, -0.2) is 5.43 Å². The molecular weight excluding hydrogens is 326 g/mol. The van der Waals surface area contributed by atoms with Crippen molar-refractivity contribution in [1.29, 1.82) is 5.26 Å². The maximum atomic E-state index is 11.7. The Morgan fingerprint density at radius 1 is 1.12 bits per heavy atom. The molecule has 0 aliphatic heterocycles. The molecule has 26 heavy (non-hydrogen) atoms. The van der Waals surface area contributed by atoms with Crippen molar-refractivity contribution in [2.24, 2.45) is 11.0 Å². The van der Waals surface area contributed by atoms with Gasteiger partial charge in [0.15, 0.2) is 6.61 Å². The maximum absolute atomic E-state index is 11.7. The first-order chi connectivity index (χ1) is 12.7. The average molecular weight is 349 g/mol. The average Bonchev–Trinajstić information content (AvgIpc) is 2.70. The van der Waals surface area contributed by atoms with Gasteiger partial charge < -0.3 is 4.74 Å². The molecule has 134 valence electrons. The topological polar surface area (TPSA) is 74.5 Å². The Hall–Kier alpha value is -3.13. The Morgan fingerprint density at radius 2 is 1.69 bits per heavy atom. The molecule has 1 amide bonds. The fourth-order valence-electron chi connectivity index (χ4n) is 2.38. The first-order valence-corrected chi connectivity index (χ1v) is 8.71. The minimum absolute atomic E-state index is 0.0868. The van der Waals surface area contributed by atoms with E-state index in [1.807, 2.05) is 36.4 Å². The number of ether oxygens (including phenoxy) is 1. The zero-order valence-electron chi connectivity index (χ0n) is 15.1. The molecule has 2 aromatic carbocycles. The van der Waals surface area contributed by atoms with Crippen LogP contribution in [0, 0.1) is 17.2 Å².